The molecule has 0 spiro atoms. The summed E-state index contributed by atoms with van der Waals surface area (Å²) in [5, 5.41) is 8.55. The van der Waals surface area contributed by atoms with E-state index < -0.39 is 29.0 Å². The van der Waals surface area contributed by atoms with Gasteiger partial charge in [-0.1, -0.05) is 6.07 Å². The van der Waals surface area contributed by atoms with Gasteiger partial charge < -0.3 is 16.0 Å². The van der Waals surface area contributed by atoms with E-state index in [9.17, 15) is 31.1 Å². The molecule has 1 aliphatic carbocycles. The lowest BCUT2D eigenvalue weighted by Gasteiger charge is -2.30. The van der Waals surface area contributed by atoms with Crippen molar-refractivity contribution in [2.24, 2.45) is 0 Å². The summed E-state index contributed by atoms with van der Waals surface area (Å²) in [7, 11) is 0. The monoisotopic (exact) mass is 474 g/mol. The molecule has 2 amide bonds. The Kier molecular flexibility index (Phi) is 7.83. The Morgan fingerprint density at radius 3 is 2.24 bits per heavy atom. The number of aromatic nitrogens is 1. The second kappa shape index (κ2) is 10.4. The highest BCUT2D eigenvalue weighted by molar-refractivity contribution is 5.74. The van der Waals surface area contributed by atoms with E-state index in [4.69, 9.17) is 0 Å². The van der Waals surface area contributed by atoms with Gasteiger partial charge in [0.2, 0.25) is 0 Å². The fourth-order valence-electron chi connectivity index (χ4n) is 3.81. The number of pyridine rings is 1. The van der Waals surface area contributed by atoms with Crippen molar-refractivity contribution in [3.63, 3.8) is 0 Å². The Labute approximate surface area is 187 Å². The molecule has 0 atom stereocenters. The van der Waals surface area contributed by atoms with Gasteiger partial charge in [-0.05, 0) is 61.1 Å². The molecule has 5 nitrogen and oxygen atoms in total. The summed E-state index contributed by atoms with van der Waals surface area (Å²) in [5.41, 5.74) is -1.78. The maximum absolute atomic E-state index is 13.2. The Balaban J connectivity index is 1.49. The lowest BCUT2D eigenvalue weighted by molar-refractivity contribution is -0.141. The molecule has 3 N–H and O–H groups in total. The number of hydrogen-bond donors (Lipinski definition) is 3. The van der Waals surface area contributed by atoms with Gasteiger partial charge >= 0.3 is 18.4 Å². The normalized spacial score (nSPS) is 19.2. The predicted molar refractivity (Wildman–Crippen MR) is 109 cm³/mol. The lowest BCUT2D eigenvalue weighted by Crippen LogP contribution is -2.45. The summed E-state index contributed by atoms with van der Waals surface area (Å²) in [6, 6.07) is 4.50. The van der Waals surface area contributed by atoms with Gasteiger partial charge in [0.1, 0.15) is 0 Å². The molecule has 2 aromatic rings. The van der Waals surface area contributed by atoms with Crippen molar-refractivity contribution >= 4 is 6.03 Å². The minimum absolute atomic E-state index is 0.0868. The summed E-state index contributed by atoms with van der Waals surface area (Å²) in [6.07, 6.45) is -3.83. The van der Waals surface area contributed by atoms with E-state index in [-0.39, 0.29) is 24.7 Å². The lowest BCUT2D eigenvalue weighted by atomic mass is 9.91. The van der Waals surface area contributed by atoms with Crippen molar-refractivity contribution in [2.75, 3.05) is 0 Å². The van der Waals surface area contributed by atoms with Crippen molar-refractivity contribution in [1.82, 2.24) is 20.9 Å². The van der Waals surface area contributed by atoms with E-state index >= 15 is 0 Å². The van der Waals surface area contributed by atoms with Gasteiger partial charge in [0.05, 0.1) is 11.1 Å². The number of carbonyl (C=O) groups is 1. The second-order valence-corrected chi connectivity index (χ2v) is 7.99. The quantitative estimate of drug-likeness (QED) is 0.516. The van der Waals surface area contributed by atoms with Crippen LogP contribution in [0.4, 0.5) is 31.1 Å². The first-order valence-electron chi connectivity index (χ1n) is 10.5. The zero-order chi connectivity index (χ0) is 24.1. The van der Waals surface area contributed by atoms with Crippen molar-refractivity contribution < 1.29 is 31.1 Å². The topological polar surface area (TPSA) is 66.0 Å². The molecule has 0 aliphatic heterocycles. The van der Waals surface area contributed by atoms with Crippen molar-refractivity contribution in [3.05, 3.63) is 65.0 Å². The highest BCUT2D eigenvalue weighted by Crippen LogP contribution is 2.36. The third kappa shape index (κ3) is 7.34. The molecule has 1 saturated carbocycles. The molecule has 0 radical (unpaired) electrons. The summed E-state index contributed by atoms with van der Waals surface area (Å²) >= 11 is 0. The van der Waals surface area contributed by atoms with Gasteiger partial charge in [-0.3, -0.25) is 4.98 Å². The molecule has 11 heteroatoms. The highest BCUT2D eigenvalue weighted by Gasteiger charge is 2.37. The number of halogens is 6. The van der Waals surface area contributed by atoms with E-state index in [0.29, 0.717) is 50.4 Å². The van der Waals surface area contributed by atoms with Crippen LogP contribution in [0.15, 0.2) is 42.7 Å². The predicted octanol–water partition coefficient (Wildman–Crippen LogP) is 5.02. The number of benzene rings is 1. The van der Waals surface area contributed by atoms with Crippen LogP contribution in [0.2, 0.25) is 0 Å². The van der Waals surface area contributed by atoms with Crippen LogP contribution in [0.3, 0.4) is 0 Å². The Bertz CT molecular complexity index is 925. The minimum Gasteiger partial charge on any atom is -0.335 e. The number of nitrogens with one attached hydrogen (secondary N) is 3. The van der Waals surface area contributed by atoms with Crippen LogP contribution < -0.4 is 16.0 Å². The van der Waals surface area contributed by atoms with Crippen LogP contribution in [0.5, 0.6) is 0 Å². The average molecular weight is 474 g/mol. The molecule has 180 valence electrons. The zero-order valence-electron chi connectivity index (χ0n) is 17.6. The SMILES string of the molecule is O=C(NCc1cccnc1)N[C@H]1CC[C@H](NCc2cc(C(F)(F)F)ccc2C(F)(F)F)CC1. The van der Waals surface area contributed by atoms with Gasteiger partial charge in [-0.25, -0.2) is 4.79 Å². The summed E-state index contributed by atoms with van der Waals surface area (Å²) < 4.78 is 78.5. The van der Waals surface area contributed by atoms with Gasteiger partial charge in [0, 0.05) is 37.6 Å². The maximum atomic E-state index is 13.2. The number of rotatable bonds is 6. The first kappa shape index (κ1) is 24.8. The van der Waals surface area contributed by atoms with Crippen LogP contribution in [0.1, 0.15) is 47.9 Å². The molecule has 0 saturated heterocycles. The van der Waals surface area contributed by atoms with Crippen LogP contribution in [0.25, 0.3) is 0 Å². The van der Waals surface area contributed by atoms with Gasteiger partial charge in [0.25, 0.3) is 0 Å². The third-order valence-electron chi connectivity index (χ3n) is 5.56. The standard InChI is InChI=1S/C22H24F6N4O/c23-21(24,25)16-3-8-19(22(26,27)28)15(10-16)13-30-17-4-6-18(7-5-17)32-20(33)31-12-14-2-1-9-29-11-14/h1-3,8-11,17-18,30H,4-7,12-13H2,(H2,31,32,33)/t17-,18-. The summed E-state index contributed by atoms with van der Waals surface area (Å²) in [4.78, 5) is 16.0. The van der Waals surface area contributed by atoms with Crippen LogP contribution in [0, 0.1) is 0 Å². The molecule has 1 fully saturated rings. The molecule has 33 heavy (non-hydrogen) atoms. The first-order valence-corrected chi connectivity index (χ1v) is 10.5. The smallest absolute Gasteiger partial charge is 0.335 e. The van der Waals surface area contributed by atoms with E-state index in [0.717, 1.165) is 5.56 Å². The van der Waals surface area contributed by atoms with Gasteiger partial charge in [-0.2, -0.15) is 26.3 Å². The molecular formula is C22H24F6N4O. The Morgan fingerprint density at radius 2 is 1.64 bits per heavy atom. The fourth-order valence-corrected chi connectivity index (χ4v) is 3.81. The van der Waals surface area contributed by atoms with Gasteiger partial charge in [-0.15, -0.1) is 0 Å². The van der Waals surface area contributed by atoms with Crippen LogP contribution in [-0.4, -0.2) is 23.1 Å². The number of alkyl halides is 6. The number of urea groups is 1. The van der Waals surface area contributed by atoms with Crippen molar-refractivity contribution in [1.29, 1.82) is 0 Å². The number of nitrogens with zero attached hydrogens (tertiary/aromatic N) is 1. The number of carbonyl (C=O) groups excluding carboxylic acids is 1. The molecular weight excluding hydrogens is 450 g/mol. The summed E-state index contributed by atoms with van der Waals surface area (Å²) in [6.45, 7) is 0.00221. The number of amides is 2. The third-order valence-corrected chi connectivity index (χ3v) is 5.56. The maximum Gasteiger partial charge on any atom is 0.416 e. The largest absolute Gasteiger partial charge is 0.416 e. The average Bonchev–Trinajstić information content (AvgIpc) is 2.76. The second-order valence-electron chi connectivity index (χ2n) is 7.99. The van der Waals surface area contributed by atoms with Crippen LogP contribution >= 0.6 is 0 Å². The van der Waals surface area contributed by atoms with Crippen molar-refractivity contribution in [3.8, 4) is 0 Å². The fraction of sp³-hybridized carbons (Fsp3) is 0.455. The Hall–Kier alpha value is -2.82. The number of hydrogen-bond acceptors (Lipinski definition) is 3. The van der Waals surface area contributed by atoms with Crippen molar-refractivity contribution in [2.45, 2.75) is 63.2 Å². The molecule has 3 rings (SSSR count). The molecule has 1 heterocycles. The molecule has 0 bridgehead atoms. The molecule has 1 aromatic heterocycles. The summed E-state index contributed by atoms with van der Waals surface area (Å²) in [5.74, 6) is 0. The molecule has 1 aliphatic rings. The first-order chi connectivity index (χ1) is 15.5. The molecule has 1 aromatic carbocycles. The molecule has 0 unspecified atom stereocenters. The minimum atomic E-state index is -4.74. The highest BCUT2D eigenvalue weighted by atomic mass is 19.4. The zero-order valence-corrected chi connectivity index (χ0v) is 17.6. The van der Waals surface area contributed by atoms with E-state index in [2.05, 4.69) is 20.9 Å². The van der Waals surface area contributed by atoms with Gasteiger partial charge in [0.15, 0.2) is 0 Å². The van der Waals surface area contributed by atoms with E-state index in [1.165, 1.54) is 0 Å². The Morgan fingerprint density at radius 1 is 0.939 bits per heavy atom. The van der Waals surface area contributed by atoms with Crippen LogP contribution in [-0.2, 0) is 25.4 Å². The van der Waals surface area contributed by atoms with E-state index in [1.54, 1.807) is 18.5 Å². The van der Waals surface area contributed by atoms with E-state index in [1.807, 2.05) is 6.07 Å².